The van der Waals surface area contributed by atoms with Gasteiger partial charge in [-0.25, -0.2) is 4.57 Å². The van der Waals surface area contributed by atoms with Crippen LogP contribution in [-0.4, -0.2) is 49.3 Å². The molecule has 0 aliphatic heterocycles. The molecule has 0 aliphatic carbocycles. The highest BCUT2D eigenvalue weighted by Crippen LogP contribution is 2.43. The molecular formula is C89H142NO8P. The molecule has 3 N–H and O–H groups in total. The second kappa shape index (κ2) is 81.3. The molecule has 556 valence electrons. The zero-order chi connectivity index (χ0) is 71.5. The van der Waals surface area contributed by atoms with Crippen LogP contribution in [0.4, 0.5) is 0 Å². The summed E-state index contributed by atoms with van der Waals surface area (Å²) in [7, 11) is -4.41. The van der Waals surface area contributed by atoms with Crippen LogP contribution in [0.2, 0.25) is 0 Å². The molecule has 0 aromatic rings. The average molecular weight is 1390 g/mol. The summed E-state index contributed by atoms with van der Waals surface area (Å²) in [6.45, 7) is 3.50. The molecule has 0 rings (SSSR count). The van der Waals surface area contributed by atoms with E-state index < -0.39 is 32.5 Å². The second-order valence-electron chi connectivity index (χ2n) is 25.1. The van der Waals surface area contributed by atoms with E-state index in [1.54, 1.807) is 0 Å². The largest absolute Gasteiger partial charge is 0.472 e. The molecule has 9 nitrogen and oxygen atoms in total. The van der Waals surface area contributed by atoms with Crippen LogP contribution in [0.3, 0.4) is 0 Å². The number of unbranched alkanes of at least 4 members (excludes halogenated alkanes) is 22. The lowest BCUT2D eigenvalue weighted by molar-refractivity contribution is -0.161. The molecular weight excluding hydrogens is 1240 g/mol. The zero-order valence-corrected chi connectivity index (χ0v) is 63.5. The van der Waals surface area contributed by atoms with E-state index in [2.05, 4.69) is 233 Å². The SMILES string of the molecule is CC/C=C\C/C=C\C/C=C\C/C=C\C/C=C\C/C=C\C/C=C\C/C=C\C/C=C\CCCCCCCCCCCCCC(=O)OCC(COP(=O)(O)OCCN)OC(=O)CCCCCCCCCCCCC/C=C\C/C=C\C/C=C\C/C=C\C/C=C\C/C=C\C/C=C\C/C=C\C/C=C\CC. The molecule has 99 heavy (non-hydrogen) atoms. The Kier molecular flexibility index (Phi) is 76.6. The molecule has 0 radical (unpaired) electrons. The molecule has 0 saturated carbocycles. The van der Waals surface area contributed by atoms with Gasteiger partial charge in [-0.1, -0.05) is 348 Å². The second-order valence-corrected chi connectivity index (χ2v) is 26.6. The zero-order valence-electron chi connectivity index (χ0n) is 62.6. The van der Waals surface area contributed by atoms with E-state index in [0.29, 0.717) is 6.42 Å². The Morgan fingerprint density at radius 1 is 0.303 bits per heavy atom. The predicted molar refractivity (Wildman–Crippen MR) is 431 cm³/mol. The smallest absolute Gasteiger partial charge is 0.462 e. The van der Waals surface area contributed by atoms with E-state index in [-0.39, 0.29) is 32.6 Å². The fraction of sp³-hybridized carbons (Fsp3) is 0.573. The van der Waals surface area contributed by atoms with Crippen molar-refractivity contribution in [2.24, 2.45) is 5.73 Å². The fourth-order valence-corrected chi connectivity index (χ4v) is 10.9. The van der Waals surface area contributed by atoms with Crippen molar-refractivity contribution in [3.8, 4) is 0 Å². The monoisotopic (exact) mass is 1380 g/mol. The van der Waals surface area contributed by atoms with Crippen LogP contribution in [0.1, 0.15) is 296 Å². The Labute approximate surface area is 607 Å². The molecule has 0 aliphatic rings. The van der Waals surface area contributed by atoms with Crippen molar-refractivity contribution in [3.63, 3.8) is 0 Å². The third kappa shape index (κ3) is 81.2. The highest BCUT2D eigenvalue weighted by atomic mass is 31.2. The van der Waals surface area contributed by atoms with Gasteiger partial charge in [-0.3, -0.25) is 18.6 Å². The summed E-state index contributed by atoms with van der Waals surface area (Å²) in [4.78, 5) is 35.5. The number of hydrogen-bond donors (Lipinski definition) is 2. The van der Waals surface area contributed by atoms with Gasteiger partial charge in [0.2, 0.25) is 0 Å². The third-order valence-electron chi connectivity index (χ3n) is 15.9. The molecule has 0 saturated heterocycles. The number of phosphoric ester groups is 1. The van der Waals surface area contributed by atoms with Crippen molar-refractivity contribution in [1.82, 2.24) is 0 Å². The molecule has 2 unspecified atom stereocenters. The number of ether oxygens (including phenoxy) is 2. The molecule has 0 amide bonds. The van der Waals surface area contributed by atoms with Gasteiger partial charge in [-0.2, -0.15) is 0 Å². The maximum absolute atomic E-state index is 12.8. The molecule has 0 aromatic heterocycles. The number of rotatable bonds is 71. The van der Waals surface area contributed by atoms with Gasteiger partial charge in [0.15, 0.2) is 6.10 Å². The van der Waals surface area contributed by atoms with Crippen molar-refractivity contribution in [1.29, 1.82) is 0 Å². The Hall–Kier alpha value is -5.67. The lowest BCUT2D eigenvalue weighted by atomic mass is 10.0. The first-order valence-corrected chi connectivity index (χ1v) is 40.7. The number of esters is 2. The van der Waals surface area contributed by atoms with Crippen LogP contribution in [0.5, 0.6) is 0 Å². The topological polar surface area (TPSA) is 134 Å². The Morgan fingerprint density at radius 3 is 0.778 bits per heavy atom. The van der Waals surface area contributed by atoms with Crippen LogP contribution < -0.4 is 5.73 Å². The van der Waals surface area contributed by atoms with E-state index >= 15 is 0 Å². The quantitative estimate of drug-likeness (QED) is 0.0264. The predicted octanol–water partition coefficient (Wildman–Crippen LogP) is 26.7. The van der Waals surface area contributed by atoms with Gasteiger partial charge in [-0.15, -0.1) is 0 Å². The summed E-state index contributed by atoms with van der Waals surface area (Å²) >= 11 is 0. The molecule has 2 atom stereocenters. The number of hydrogen-bond acceptors (Lipinski definition) is 8. The van der Waals surface area contributed by atoms with Crippen molar-refractivity contribution >= 4 is 19.8 Å². The van der Waals surface area contributed by atoms with Crippen LogP contribution in [0.25, 0.3) is 0 Å². The van der Waals surface area contributed by atoms with E-state index in [4.69, 9.17) is 24.3 Å². The first-order valence-electron chi connectivity index (χ1n) is 39.2. The highest BCUT2D eigenvalue weighted by Gasteiger charge is 2.26. The minimum Gasteiger partial charge on any atom is -0.462 e. The summed E-state index contributed by atoms with van der Waals surface area (Å²) < 4.78 is 33.2. The fourth-order valence-electron chi connectivity index (χ4n) is 10.2. The minimum absolute atomic E-state index is 0.0429. The summed E-state index contributed by atoms with van der Waals surface area (Å²) in [5.41, 5.74) is 5.41. The average Bonchev–Trinajstić information content (AvgIpc) is 1.52. The van der Waals surface area contributed by atoms with Crippen LogP contribution >= 0.6 is 7.82 Å². The first kappa shape index (κ1) is 93.3. The maximum Gasteiger partial charge on any atom is 0.472 e. The molecule has 0 spiro atoms. The van der Waals surface area contributed by atoms with E-state index in [1.807, 2.05) is 0 Å². The summed E-state index contributed by atoms with van der Waals surface area (Å²) in [6.07, 6.45) is 126. The van der Waals surface area contributed by atoms with Crippen LogP contribution in [0, 0.1) is 0 Å². The molecule has 0 heterocycles. The van der Waals surface area contributed by atoms with E-state index in [1.165, 1.54) is 89.9 Å². The third-order valence-corrected chi connectivity index (χ3v) is 16.8. The lowest BCUT2D eigenvalue weighted by Gasteiger charge is -2.19. The first-order chi connectivity index (χ1) is 48.8. The molecule has 0 fully saturated rings. The standard InChI is InChI=1S/C89H142NO8P/c1-3-5-7-9-11-13-15-17-19-21-23-25-27-29-31-33-35-37-39-41-43-45-47-49-51-53-55-57-59-61-63-65-67-69-71-73-75-77-79-81-88(91)95-85-87(86-97-99(93,94)96-84-83-90)98-89(92)82-80-78-76-74-72-70-68-66-64-62-60-58-56-54-52-50-48-46-44-42-40-38-36-34-32-30-28-26-24-22-20-18-16-14-12-10-8-6-4-2/h5-8,11-14,17-20,23-26,29-32,35-38,41-44,47-50,53-56,87H,3-4,9-10,15-16,21-22,27-28,33-34,39-40,45-46,51-52,57-86,90H2,1-2H3,(H,93,94)/b7-5-,8-6-,13-11-,14-12-,19-17-,20-18-,25-23-,26-24-,31-29-,32-30-,37-35-,38-36-,43-41-,44-42-,49-47-,50-48-,55-53-,56-54-. The van der Waals surface area contributed by atoms with Crippen molar-refractivity contribution < 1.29 is 37.6 Å². The Morgan fingerprint density at radius 2 is 0.525 bits per heavy atom. The normalized spacial score (nSPS) is 14.1. The summed E-state index contributed by atoms with van der Waals surface area (Å²) in [6, 6.07) is 0. The Balaban J connectivity index is 3.94. The van der Waals surface area contributed by atoms with Gasteiger partial charge >= 0.3 is 19.8 Å². The van der Waals surface area contributed by atoms with E-state index in [0.717, 1.165) is 173 Å². The van der Waals surface area contributed by atoms with Gasteiger partial charge in [0, 0.05) is 19.4 Å². The molecule has 0 aromatic carbocycles. The summed E-state index contributed by atoms with van der Waals surface area (Å²) in [5.74, 6) is -0.843. The highest BCUT2D eigenvalue weighted by molar-refractivity contribution is 7.47. The van der Waals surface area contributed by atoms with Gasteiger partial charge in [0.05, 0.1) is 13.2 Å². The van der Waals surface area contributed by atoms with Crippen molar-refractivity contribution in [2.45, 2.75) is 302 Å². The maximum atomic E-state index is 12.8. The number of phosphoric acid groups is 1. The van der Waals surface area contributed by atoms with Gasteiger partial charge in [0.1, 0.15) is 6.61 Å². The van der Waals surface area contributed by atoms with Crippen LogP contribution in [-0.2, 0) is 32.7 Å². The van der Waals surface area contributed by atoms with Crippen LogP contribution in [0.15, 0.2) is 219 Å². The van der Waals surface area contributed by atoms with Gasteiger partial charge in [-0.05, 0) is 154 Å². The number of carbonyl (C=O) groups is 2. The van der Waals surface area contributed by atoms with Crippen molar-refractivity contribution in [2.75, 3.05) is 26.4 Å². The number of allylic oxidation sites excluding steroid dienone is 36. The van der Waals surface area contributed by atoms with E-state index in [9.17, 15) is 19.0 Å². The van der Waals surface area contributed by atoms with Gasteiger partial charge in [0.25, 0.3) is 0 Å². The number of carbonyl (C=O) groups excluding carboxylic acids is 2. The number of nitrogens with two attached hydrogens (primary N) is 1. The lowest BCUT2D eigenvalue weighted by Crippen LogP contribution is -2.29. The van der Waals surface area contributed by atoms with Gasteiger partial charge < -0.3 is 20.1 Å². The molecule has 0 bridgehead atoms. The summed E-state index contributed by atoms with van der Waals surface area (Å²) in [5, 5.41) is 0. The van der Waals surface area contributed by atoms with Crippen molar-refractivity contribution in [3.05, 3.63) is 219 Å². The minimum atomic E-state index is -4.41. The Bertz CT molecular complexity index is 2440. The molecule has 10 heteroatoms.